The number of hydrogen-bond donors (Lipinski definition) is 0. The fourth-order valence-electron chi connectivity index (χ4n) is 4.90. The van der Waals surface area contributed by atoms with Gasteiger partial charge >= 0.3 is 12.1 Å². The minimum absolute atomic E-state index is 0.117. The van der Waals surface area contributed by atoms with E-state index in [0.29, 0.717) is 25.1 Å². The van der Waals surface area contributed by atoms with Crippen molar-refractivity contribution in [3.8, 4) is 0 Å². The number of esters is 1. The molecule has 2 heterocycles. The second-order valence-electron chi connectivity index (χ2n) is 9.06. The minimum atomic E-state index is -0.758. The lowest BCUT2D eigenvalue weighted by Crippen LogP contribution is -2.52. The van der Waals surface area contributed by atoms with E-state index in [0.717, 1.165) is 43.4 Å². The van der Waals surface area contributed by atoms with Gasteiger partial charge in [-0.3, -0.25) is 14.5 Å². The second-order valence-corrected chi connectivity index (χ2v) is 9.06. The highest BCUT2D eigenvalue weighted by atomic mass is 16.6. The van der Waals surface area contributed by atoms with Gasteiger partial charge in [0.15, 0.2) is 0 Å². The molecule has 0 unspecified atom stereocenters. The van der Waals surface area contributed by atoms with Gasteiger partial charge in [-0.2, -0.15) is 0 Å². The predicted octanol–water partition coefficient (Wildman–Crippen LogP) is 3.47. The van der Waals surface area contributed by atoms with E-state index in [2.05, 4.69) is 0 Å². The first-order valence-electron chi connectivity index (χ1n) is 12.0. The number of benzene rings is 1. The first-order valence-corrected chi connectivity index (χ1v) is 12.0. The Morgan fingerprint density at radius 2 is 1.82 bits per heavy atom. The third-order valence-electron chi connectivity index (χ3n) is 6.83. The maximum absolute atomic E-state index is 13.8. The van der Waals surface area contributed by atoms with E-state index < -0.39 is 18.1 Å². The number of hydrogen-bond acceptors (Lipinski definition) is 5. The molecule has 8 nitrogen and oxygen atoms in total. The van der Waals surface area contributed by atoms with Crippen LogP contribution in [0.5, 0.6) is 0 Å². The number of carbonyl (C=O) groups excluding carboxylic acids is 3. The summed E-state index contributed by atoms with van der Waals surface area (Å²) in [6, 6.07) is 10.7. The number of aromatic nitrogens is 1. The Bertz CT molecular complexity index is 1030. The van der Waals surface area contributed by atoms with Crippen LogP contribution in [0.2, 0.25) is 0 Å². The van der Waals surface area contributed by atoms with Crippen LogP contribution in [0.15, 0.2) is 42.6 Å². The van der Waals surface area contributed by atoms with Crippen molar-refractivity contribution in [3.05, 3.63) is 53.9 Å². The monoisotopic (exact) mass is 467 g/mol. The highest BCUT2D eigenvalue weighted by Crippen LogP contribution is 2.34. The molecule has 182 valence electrons. The van der Waals surface area contributed by atoms with Crippen LogP contribution in [-0.2, 0) is 39.0 Å². The van der Waals surface area contributed by atoms with Gasteiger partial charge in [-0.25, -0.2) is 4.79 Å². The highest BCUT2D eigenvalue weighted by molar-refractivity contribution is 6.01. The van der Waals surface area contributed by atoms with Crippen LogP contribution >= 0.6 is 0 Å². The molecule has 0 N–H and O–H groups in total. The maximum atomic E-state index is 13.8. The Morgan fingerprint density at radius 1 is 1.06 bits per heavy atom. The SMILES string of the molecule is COC(=O)CN(CCc1cccn1C)C(=O)[C@H]1Cc2ccccc2N1C(=O)OC1CCCCC1. The summed E-state index contributed by atoms with van der Waals surface area (Å²) in [5.41, 5.74) is 2.66. The number of para-hydroxylation sites is 1. The summed E-state index contributed by atoms with van der Waals surface area (Å²) in [7, 11) is 3.25. The van der Waals surface area contributed by atoms with Crippen LogP contribution < -0.4 is 4.90 Å². The average molecular weight is 468 g/mol. The Morgan fingerprint density at radius 3 is 2.53 bits per heavy atom. The van der Waals surface area contributed by atoms with E-state index in [4.69, 9.17) is 9.47 Å². The molecule has 1 aromatic carbocycles. The van der Waals surface area contributed by atoms with Crippen LogP contribution in [0.25, 0.3) is 0 Å². The van der Waals surface area contributed by atoms with Crippen molar-refractivity contribution in [2.75, 3.05) is 25.1 Å². The quantitative estimate of drug-likeness (QED) is 0.583. The molecular formula is C26H33N3O5. The molecule has 2 amide bonds. The molecule has 1 fully saturated rings. The van der Waals surface area contributed by atoms with Crippen molar-refractivity contribution in [1.29, 1.82) is 0 Å². The summed E-state index contributed by atoms with van der Waals surface area (Å²) >= 11 is 0. The standard InChI is InChI=1S/C26H33N3O5/c1-27-15-8-10-20(27)14-16-28(18-24(30)33-2)25(31)23-17-19-9-6-7-13-22(19)29(23)26(32)34-21-11-4-3-5-12-21/h6-10,13,15,21,23H,3-5,11-12,14,16-18H2,1-2H3/t23-/m1/s1. The van der Waals surface area contributed by atoms with Gasteiger partial charge in [0.05, 0.1) is 12.8 Å². The molecule has 34 heavy (non-hydrogen) atoms. The summed E-state index contributed by atoms with van der Waals surface area (Å²) in [4.78, 5) is 42.2. The Balaban J connectivity index is 1.55. The van der Waals surface area contributed by atoms with Gasteiger partial charge in [-0.15, -0.1) is 0 Å². The van der Waals surface area contributed by atoms with Gasteiger partial charge in [0.25, 0.3) is 0 Å². The van der Waals surface area contributed by atoms with Crippen molar-refractivity contribution in [1.82, 2.24) is 9.47 Å². The fourth-order valence-corrected chi connectivity index (χ4v) is 4.90. The molecule has 2 aromatic rings. The lowest BCUT2D eigenvalue weighted by Gasteiger charge is -2.31. The molecule has 2 aliphatic rings. The predicted molar refractivity (Wildman–Crippen MR) is 127 cm³/mol. The number of aryl methyl sites for hydroxylation is 1. The normalized spacial score (nSPS) is 17.8. The lowest BCUT2D eigenvalue weighted by atomic mass is 9.98. The van der Waals surface area contributed by atoms with Gasteiger partial charge in [0.1, 0.15) is 18.7 Å². The molecule has 1 aromatic heterocycles. The van der Waals surface area contributed by atoms with Crippen molar-refractivity contribution >= 4 is 23.7 Å². The van der Waals surface area contributed by atoms with Gasteiger partial charge < -0.3 is 18.9 Å². The van der Waals surface area contributed by atoms with E-state index >= 15 is 0 Å². The lowest BCUT2D eigenvalue weighted by molar-refractivity contribution is -0.147. The van der Waals surface area contributed by atoms with Gasteiger partial charge in [0.2, 0.25) is 5.91 Å². The topological polar surface area (TPSA) is 81.1 Å². The Hall–Kier alpha value is -3.29. The third-order valence-corrected chi connectivity index (χ3v) is 6.83. The van der Waals surface area contributed by atoms with Crippen molar-refractivity contribution in [2.45, 2.75) is 57.1 Å². The number of amides is 2. The zero-order valence-corrected chi connectivity index (χ0v) is 19.9. The first kappa shape index (κ1) is 23.9. The zero-order chi connectivity index (χ0) is 24.1. The molecule has 1 atom stereocenters. The van der Waals surface area contributed by atoms with E-state index in [1.165, 1.54) is 16.9 Å². The molecule has 0 radical (unpaired) electrons. The van der Waals surface area contributed by atoms with Gasteiger partial charge in [-0.05, 0) is 49.4 Å². The number of anilines is 1. The maximum Gasteiger partial charge on any atom is 0.415 e. The molecular weight excluding hydrogens is 434 g/mol. The van der Waals surface area contributed by atoms with E-state index in [1.807, 2.05) is 54.2 Å². The fraction of sp³-hybridized carbons (Fsp3) is 0.500. The van der Waals surface area contributed by atoms with Crippen molar-refractivity contribution in [2.24, 2.45) is 7.05 Å². The molecule has 1 saturated carbocycles. The Labute approximate surface area is 200 Å². The van der Waals surface area contributed by atoms with E-state index in [1.54, 1.807) is 0 Å². The summed E-state index contributed by atoms with van der Waals surface area (Å²) in [6.07, 6.45) is 7.25. The molecule has 4 rings (SSSR count). The number of ether oxygens (including phenoxy) is 2. The smallest absolute Gasteiger partial charge is 0.415 e. The third kappa shape index (κ3) is 5.26. The zero-order valence-electron chi connectivity index (χ0n) is 19.9. The number of rotatable bonds is 7. The largest absolute Gasteiger partial charge is 0.468 e. The van der Waals surface area contributed by atoms with Gasteiger partial charge in [-0.1, -0.05) is 24.6 Å². The number of nitrogens with zero attached hydrogens (tertiary/aromatic N) is 3. The molecule has 1 aliphatic heterocycles. The van der Waals surface area contributed by atoms with Crippen LogP contribution in [0.4, 0.5) is 10.5 Å². The van der Waals surface area contributed by atoms with Crippen molar-refractivity contribution in [3.63, 3.8) is 0 Å². The number of carbonyl (C=O) groups is 3. The molecule has 1 aliphatic carbocycles. The summed E-state index contributed by atoms with van der Waals surface area (Å²) in [5, 5.41) is 0. The minimum Gasteiger partial charge on any atom is -0.468 e. The van der Waals surface area contributed by atoms with Crippen LogP contribution in [-0.4, -0.2) is 59.8 Å². The van der Waals surface area contributed by atoms with Crippen LogP contribution in [0.3, 0.4) is 0 Å². The number of fused-ring (bicyclic) bond motifs is 1. The summed E-state index contributed by atoms with van der Waals surface area (Å²) in [6.45, 7) is 0.169. The second kappa shape index (κ2) is 10.8. The van der Waals surface area contributed by atoms with Crippen molar-refractivity contribution < 1.29 is 23.9 Å². The Kier molecular flexibility index (Phi) is 7.55. The van der Waals surface area contributed by atoms with Crippen LogP contribution in [0.1, 0.15) is 43.4 Å². The van der Waals surface area contributed by atoms with Gasteiger partial charge in [0, 0.05) is 38.3 Å². The molecule has 0 bridgehead atoms. The molecule has 0 spiro atoms. The van der Waals surface area contributed by atoms with E-state index in [9.17, 15) is 14.4 Å². The van der Waals surface area contributed by atoms with Crippen LogP contribution in [0, 0.1) is 0 Å². The van der Waals surface area contributed by atoms with E-state index in [-0.39, 0.29) is 18.6 Å². The summed E-state index contributed by atoms with van der Waals surface area (Å²) < 4.78 is 12.7. The molecule has 8 heteroatoms. The average Bonchev–Trinajstić information content (AvgIpc) is 3.44. The molecule has 0 saturated heterocycles. The number of methoxy groups -OCH3 is 1. The first-order chi connectivity index (χ1) is 16.5. The summed E-state index contributed by atoms with van der Waals surface area (Å²) in [5.74, 6) is -0.775. The highest BCUT2D eigenvalue weighted by Gasteiger charge is 2.42.